The van der Waals surface area contributed by atoms with Gasteiger partial charge in [0.25, 0.3) is 11.1 Å². The Morgan fingerprint density at radius 2 is 1.66 bits per heavy atom. The second-order valence-corrected chi connectivity index (χ2v) is 9.83. The highest BCUT2D eigenvalue weighted by Gasteiger charge is 2.24. The SMILES string of the molecule is O=C(CSc1nnc(-c2ccccc2Cl)o1)Nc1ccc(N2CCN(C(=O)c3ccccc3F)CC2)cc1. The molecule has 0 saturated carbocycles. The zero-order chi connectivity index (χ0) is 26.5. The van der Waals surface area contributed by atoms with Crippen molar-refractivity contribution in [3.63, 3.8) is 0 Å². The third kappa shape index (κ3) is 5.98. The summed E-state index contributed by atoms with van der Waals surface area (Å²) in [4.78, 5) is 28.9. The Balaban J connectivity index is 1.10. The highest BCUT2D eigenvalue weighted by atomic mass is 35.5. The highest BCUT2D eigenvalue weighted by molar-refractivity contribution is 7.99. The van der Waals surface area contributed by atoms with Gasteiger partial charge in [0.1, 0.15) is 5.82 Å². The molecular weight excluding hydrogens is 529 g/mol. The van der Waals surface area contributed by atoms with E-state index in [4.69, 9.17) is 16.0 Å². The lowest BCUT2D eigenvalue weighted by atomic mass is 10.1. The summed E-state index contributed by atoms with van der Waals surface area (Å²) < 4.78 is 19.6. The van der Waals surface area contributed by atoms with Gasteiger partial charge in [-0.05, 0) is 48.5 Å². The monoisotopic (exact) mass is 551 g/mol. The molecule has 38 heavy (non-hydrogen) atoms. The van der Waals surface area contributed by atoms with E-state index in [1.165, 1.54) is 12.1 Å². The van der Waals surface area contributed by atoms with E-state index in [9.17, 15) is 14.0 Å². The molecule has 0 radical (unpaired) electrons. The van der Waals surface area contributed by atoms with Crippen LogP contribution < -0.4 is 10.2 Å². The molecule has 4 aromatic rings. The first kappa shape index (κ1) is 25.7. The van der Waals surface area contributed by atoms with Crippen molar-refractivity contribution in [3.8, 4) is 11.5 Å². The van der Waals surface area contributed by atoms with Crippen molar-refractivity contribution in [2.24, 2.45) is 0 Å². The molecule has 2 amide bonds. The Morgan fingerprint density at radius 1 is 0.947 bits per heavy atom. The molecule has 3 aromatic carbocycles. The van der Waals surface area contributed by atoms with Gasteiger partial charge < -0.3 is 19.5 Å². The Kier molecular flexibility index (Phi) is 7.90. The van der Waals surface area contributed by atoms with Crippen molar-refractivity contribution in [2.75, 3.05) is 42.1 Å². The highest BCUT2D eigenvalue weighted by Crippen LogP contribution is 2.29. The van der Waals surface area contributed by atoms with Crippen LogP contribution in [0.4, 0.5) is 15.8 Å². The maximum atomic E-state index is 14.0. The largest absolute Gasteiger partial charge is 0.411 e. The fourth-order valence-corrected chi connectivity index (χ4v) is 4.84. The third-order valence-corrected chi connectivity index (χ3v) is 7.17. The predicted molar refractivity (Wildman–Crippen MR) is 145 cm³/mol. The molecule has 8 nitrogen and oxygen atoms in total. The number of piperazine rings is 1. The summed E-state index contributed by atoms with van der Waals surface area (Å²) in [6, 6.07) is 20.7. The predicted octanol–water partition coefficient (Wildman–Crippen LogP) is 5.22. The molecule has 5 rings (SSSR count). The Bertz CT molecular complexity index is 1440. The Hall–Kier alpha value is -3.89. The maximum absolute atomic E-state index is 14.0. The van der Waals surface area contributed by atoms with Crippen LogP contribution in [0.25, 0.3) is 11.5 Å². The van der Waals surface area contributed by atoms with E-state index < -0.39 is 5.82 Å². The van der Waals surface area contributed by atoms with Gasteiger partial charge in [-0.15, -0.1) is 10.2 Å². The van der Waals surface area contributed by atoms with Crippen LogP contribution in [0.3, 0.4) is 0 Å². The lowest BCUT2D eigenvalue weighted by molar-refractivity contribution is -0.113. The zero-order valence-corrected chi connectivity index (χ0v) is 21.7. The minimum absolute atomic E-state index is 0.0966. The zero-order valence-electron chi connectivity index (χ0n) is 20.1. The fraction of sp³-hybridized carbons (Fsp3) is 0.185. The average Bonchev–Trinajstić information content (AvgIpc) is 3.41. The molecule has 1 aliphatic heterocycles. The lowest BCUT2D eigenvalue weighted by Gasteiger charge is -2.36. The second kappa shape index (κ2) is 11.7. The summed E-state index contributed by atoms with van der Waals surface area (Å²) in [5.74, 6) is -0.606. The third-order valence-electron chi connectivity index (χ3n) is 6.02. The van der Waals surface area contributed by atoms with E-state index in [1.54, 1.807) is 29.2 Å². The number of hydrogen-bond acceptors (Lipinski definition) is 7. The summed E-state index contributed by atoms with van der Waals surface area (Å²) in [6.45, 7) is 2.25. The molecular formula is C27H23ClFN5O3S. The first-order chi connectivity index (χ1) is 18.5. The summed E-state index contributed by atoms with van der Waals surface area (Å²) in [6.07, 6.45) is 0. The van der Waals surface area contributed by atoms with Gasteiger partial charge in [-0.3, -0.25) is 9.59 Å². The fourth-order valence-electron chi connectivity index (χ4n) is 4.06. The number of aromatic nitrogens is 2. The molecule has 1 saturated heterocycles. The molecule has 1 fully saturated rings. The number of hydrogen-bond donors (Lipinski definition) is 1. The Morgan fingerprint density at radius 3 is 2.39 bits per heavy atom. The van der Waals surface area contributed by atoms with E-state index in [0.717, 1.165) is 17.4 Å². The van der Waals surface area contributed by atoms with Crippen molar-refractivity contribution < 1.29 is 18.4 Å². The van der Waals surface area contributed by atoms with Gasteiger partial charge in [0.15, 0.2) is 0 Å². The van der Waals surface area contributed by atoms with Crippen molar-refractivity contribution >= 4 is 46.6 Å². The van der Waals surface area contributed by atoms with Crippen molar-refractivity contribution in [2.45, 2.75) is 5.22 Å². The maximum Gasteiger partial charge on any atom is 0.277 e. The van der Waals surface area contributed by atoms with Crippen molar-refractivity contribution in [1.29, 1.82) is 0 Å². The lowest BCUT2D eigenvalue weighted by Crippen LogP contribution is -2.49. The Labute approximate surface area is 227 Å². The molecule has 0 bridgehead atoms. The van der Waals surface area contributed by atoms with Crippen LogP contribution in [0.1, 0.15) is 10.4 Å². The molecule has 11 heteroatoms. The first-order valence-corrected chi connectivity index (χ1v) is 13.2. The molecule has 0 atom stereocenters. The number of halogens is 2. The number of thioether (sulfide) groups is 1. The van der Waals surface area contributed by atoms with E-state index in [1.807, 2.05) is 36.4 Å². The van der Waals surface area contributed by atoms with Gasteiger partial charge in [0.05, 0.1) is 21.9 Å². The molecule has 0 aliphatic carbocycles. The molecule has 0 unspecified atom stereocenters. The van der Waals surface area contributed by atoms with Crippen LogP contribution in [0.5, 0.6) is 0 Å². The second-order valence-electron chi connectivity index (χ2n) is 8.50. The van der Waals surface area contributed by atoms with Crippen molar-refractivity contribution in [1.82, 2.24) is 15.1 Å². The van der Waals surface area contributed by atoms with Gasteiger partial charge in [-0.2, -0.15) is 0 Å². The number of carbonyl (C=O) groups excluding carboxylic acids is 2. The van der Waals surface area contributed by atoms with E-state index in [2.05, 4.69) is 20.4 Å². The summed E-state index contributed by atoms with van der Waals surface area (Å²) >= 11 is 7.30. The first-order valence-electron chi connectivity index (χ1n) is 11.9. The molecule has 0 spiro atoms. The summed E-state index contributed by atoms with van der Waals surface area (Å²) in [5.41, 5.74) is 2.37. The minimum Gasteiger partial charge on any atom is -0.411 e. The van der Waals surface area contributed by atoms with Gasteiger partial charge in [-0.1, -0.05) is 47.6 Å². The van der Waals surface area contributed by atoms with Crippen LogP contribution >= 0.6 is 23.4 Å². The summed E-state index contributed by atoms with van der Waals surface area (Å²) in [5, 5.41) is 11.6. The van der Waals surface area contributed by atoms with Crippen LogP contribution in [-0.2, 0) is 4.79 Å². The van der Waals surface area contributed by atoms with Gasteiger partial charge in [-0.25, -0.2) is 4.39 Å². The standard InChI is InChI=1S/C27H23ClFN5O3S/c28-22-7-3-1-5-20(22)25-31-32-27(37-25)38-17-24(35)30-18-9-11-19(12-10-18)33-13-15-34(16-14-33)26(36)21-6-2-4-8-23(21)29/h1-12H,13-17H2,(H,30,35). The number of nitrogens with zero attached hydrogens (tertiary/aromatic N) is 4. The number of amides is 2. The molecule has 1 aromatic heterocycles. The normalized spacial score (nSPS) is 13.4. The molecule has 194 valence electrons. The van der Waals surface area contributed by atoms with Gasteiger partial charge in [0, 0.05) is 37.6 Å². The number of carbonyl (C=O) groups is 2. The van der Waals surface area contributed by atoms with Crippen LogP contribution in [0.15, 0.2) is 82.4 Å². The molecule has 1 N–H and O–H groups in total. The number of nitrogens with one attached hydrogen (secondary N) is 1. The number of anilines is 2. The quantitative estimate of drug-likeness (QED) is 0.315. The van der Waals surface area contributed by atoms with Crippen LogP contribution in [0.2, 0.25) is 5.02 Å². The molecule has 2 heterocycles. The van der Waals surface area contributed by atoms with Crippen molar-refractivity contribution in [3.05, 3.63) is 89.2 Å². The van der Waals surface area contributed by atoms with Crippen LogP contribution in [0, 0.1) is 5.82 Å². The van der Waals surface area contributed by atoms with E-state index >= 15 is 0 Å². The smallest absolute Gasteiger partial charge is 0.277 e. The average molecular weight is 552 g/mol. The van der Waals surface area contributed by atoms with Gasteiger partial charge >= 0.3 is 0 Å². The summed E-state index contributed by atoms with van der Waals surface area (Å²) in [7, 11) is 0. The van der Waals surface area contributed by atoms with E-state index in [0.29, 0.717) is 48.3 Å². The minimum atomic E-state index is -0.505. The number of benzene rings is 3. The molecule has 1 aliphatic rings. The van der Waals surface area contributed by atoms with Gasteiger partial charge in [0.2, 0.25) is 11.8 Å². The van der Waals surface area contributed by atoms with E-state index in [-0.39, 0.29) is 28.4 Å². The topological polar surface area (TPSA) is 91.6 Å². The number of rotatable bonds is 7. The van der Waals surface area contributed by atoms with Crippen LogP contribution in [-0.4, -0.2) is 58.8 Å².